The quantitative estimate of drug-likeness (QED) is 0.680. The lowest BCUT2D eigenvalue weighted by atomic mass is 9.90. The molecule has 0 N–H and O–H groups in total. The highest BCUT2D eigenvalue weighted by molar-refractivity contribution is 5.76. The first-order valence-electron chi connectivity index (χ1n) is 9.83. The lowest BCUT2D eigenvalue weighted by molar-refractivity contribution is -0.133. The number of rotatable bonds is 5. The van der Waals surface area contributed by atoms with E-state index in [1.165, 1.54) is 26.7 Å². The molecular weight excluding hydrogens is 354 g/mol. The van der Waals surface area contributed by atoms with Crippen molar-refractivity contribution in [3.8, 4) is 0 Å². The number of benzene rings is 1. The lowest BCUT2D eigenvalue weighted by Gasteiger charge is -2.32. The molecule has 1 fully saturated rings. The van der Waals surface area contributed by atoms with Crippen LogP contribution in [0.2, 0.25) is 0 Å². The molecular formula is C21H25N5O2. The molecule has 3 aromatic rings. The van der Waals surface area contributed by atoms with Crippen LogP contribution in [0.1, 0.15) is 30.4 Å². The molecule has 0 spiro atoms. The largest absolute Gasteiger partial charge is 0.341 e. The van der Waals surface area contributed by atoms with Gasteiger partial charge in [-0.25, -0.2) is 9.20 Å². The lowest BCUT2D eigenvalue weighted by Crippen LogP contribution is -2.42. The fraction of sp³-hybridized carbons (Fsp3) is 0.429. The fourth-order valence-electron chi connectivity index (χ4n) is 3.81. The number of fused-ring (bicyclic) bond motifs is 1. The zero-order chi connectivity index (χ0) is 19.5. The Hall–Kier alpha value is -2.96. The Balaban J connectivity index is 1.29. The summed E-state index contributed by atoms with van der Waals surface area (Å²) in [5.74, 6) is 0.602. The van der Waals surface area contributed by atoms with Gasteiger partial charge in [0.15, 0.2) is 0 Å². The molecule has 0 saturated carbocycles. The predicted octanol–water partition coefficient (Wildman–Crippen LogP) is 2.07. The highest BCUT2D eigenvalue weighted by Crippen LogP contribution is 2.22. The Morgan fingerprint density at radius 1 is 1.11 bits per heavy atom. The number of amides is 1. The number of hydrogen-bond donors (Lipinski definition) is 0. The van der Waals surface area contributed by atoms with E-state index >= 15 is 0 Å². The third kappa shape index (κ3) is 3.98. The zero-order valence-electron chi connectivity index (χ0n) is 16.1. The second-order valence-electron chi connectivity index (χ2n) is 7.60. The van der Waals surface area contributed by atoms with Crippen molar-refractivity contribution in [1.82, 2.24) is 24.3 Å². The van der Waals surface area contributed by atoms with Gasteiger partial charge in [-0.3, -0.25) is 9.59 Å². The van der Waals surface area contributed by atoms with Crippen LogP contribution in [0.25, 0.3) is 5.52 Å². The Morgan fingerprint density at radius 3 is 2.61 bits per heavy atom. The van der Waals surface area contributed by atoms with Gasteiger partial charge in [0, 0.05) is 13.1 Å². The normalized spacial score (nSPS) is 15.2. The monoisotopic (exact) mass is 379 g/mol. The average molecular weight is 379 g/mol. The van der Waals surface area contributed by atoms with Gasteiger partial charge in [-0.15, -0.1) is 0 Å². The topological polar surface area (TPSA) is 72.5 Å². The molecule has 1 amide bonds. The van der Waals surface area contributed by atoms with Crippen LogP contribution < -0.4 is 5.56 Å². The summed E-state index contributed by atoms with van der Waals surface area (Å²) in [6.07, 6.45) is 7.28. The molecule has 3 heterocycles. The Kier molecular flexibility index (Phi) is 5.23. The standard InChI is InChI=1S/C21H25N5O2/c1-16-2-4-17(5-3-16)6-7-18-9-12-24(13-10-18)20(27)14-25-21(28)19-8-11-22-26(19)15-23-25/h2-5,8,11,15,18H,6-7,9-10,12-14H2,1H3. The average Bonchev–Trinajstić information content (AvgIpc) is 3.20. The maximum Gasteiger partial charge on any atom is 0.293 e. The van der Waals surface area contributed by atoms with Gasteiger partial charge < -0.3 is 4.90 Å². The third-order valence-electron chi connectivity index (χ3n) is 5.64. The summed E-state index contributed by atoms with van der Waals surface area (Å²) < 4.78 is 2.64. The summed E-state index contributed by atoms with van der Waals surface area (Å²) in [5.41, 5.74) is 2.81. The minimum Gasteiger partial charge on any atom is -0.341 e. The van der Waals surface area contributed by atoms with Crippen LogP contribution in [0.4, 0.5) is 0 Å². The van der Waals surface area contributed by atoms with Crippen LogP contribution in [0.3, 0.4) is 0 Å². The predicted molar refractivity (Wildman–Crippen MR) is 106 cm³/mol. The van der Waals surface area contributed by atoms with Gasteiger partial charge in [-0.1, -0.05) is 29.8 Å². The van der Waals surface area contributed by atoms with Crippen LogP contribution in [-0.4, -0.2) is 43.3 Å². The summed E-state index contributed by atoms with van der Waals surface area (Å²) in [7, 11) is 0. The molecule has 0 radical (unpaired) electrons. The van der Waals surface area contributed by atoms with E-state index in [9.17, 15) is 9.59 Å². The highest BCUT2D eigenvalue weighted by atomic mass is 16.2. The Labute approximate surface area is 163 Å². The molecule has 146 valence electrons. The van der Waals surface area contributed by atoms with Gasteiger partial charge in [0.25, 0.3) is 5.56 Å². The summed E-state index contributed by atoms with van der Waals surface area (Å²) in [6.45, 7) is 3.59. The van der Waals surface area contributed by atoms with E-state index in [2.05, 4.69) is 41.4 Å². The maximum absolute atomic E-state index is 12.6. The fourth-order valence-corrected chi connectivity index (χ4v) is 3.81. The van der Waals surface area contributed by atoms with Gasteiger partial charge in [0.1, 0.15) is 18.4 Å². The maximum atomic E-state index is 12.6. The van der Waals surface area contributed by atoms with Crippen molar-refractivity contribution in [1.29, 1.82) is 0 Å². The second-order valence-corrected chi connectivity index (χ2v) is 7.60. The van der Waals surface area contributed by atoms with Crippen molar-refractivity contribution in [3.63, 3.8) is 0 Å². The van der Waals surface area contributed by atoms with E-state index in [-0.39, 0.29) is 18.0 Å². The van der Waals surface area contributed by atoms with Crippen molar-refractivity contribution >= 4 is 11.4 Å². The minimum atomic E-state index is -0.290. The van der Waals surface area contributed by atoms with E-state index in [4.69, 9.17) is 0 Å². The first-order valence-corrected chi connectivity index (χ1v) is 9.83. The van der Waals surface area contributed by atoms with Gasteiger partial charge in [-0.05, 0) is 50.2 Å². The molecule has 1 aromatic carbocycles. The van der Waals surface area contributed by atoms with Crippen LogP contribution in [-0.2, 0) is 17.8 Å². The first kappa shape index (κ1) is 18.4. The first-order chi connectivity index (χ1) is 13.6. The number of likely N-dealkylation sites (tertiary alicyclic amines) is 1. The molecule has 28 heavy (non-hydrogen) atoms. The van der Waals surface area contributed by atoms with E-state index < -0.39 is 0 Å². The number of piperidine rings is 1. The highest BCUT2D eigenvalue weighted by Gasteiger charge is 2.23. The number of carbonyl (C=O) groups is 1. The van der Waals surface area contributed by atoms with Gasteiger partial charge in [0.05, 0.1) is 6.20 Å². The Morgan fingerprint density at radius 2 is 1.86 bits per heavy atom. The SMILES string of the molecule is Cc1ccc(CCC2CCN(C(=O)Cn3ncn4nccc4c3=O)CC2)cc1. The number of aryl methyl sites for hydroxylation is 2. The Bertz CT molecular complexity index is 1010. The van der Waals surface area contributed by atoms with Gasteiger partial charge >= 0.3 is 0 Å². The molecule has 2 aromatic heterocycles. The summed E-state index contributed by atoms with van der Waals surface area (Å²) in [5, 5.41) is 8.04. The van der Waals surface area contributed by atoms with Crippen molar-refractivity contribution < 1.29 is 4.79 Å². The van der Waals surface area contributed by atoms with E-state index in [0.29, 0.717) is 11.4 Å². The van der Waals surface area contributed by atoms with Crippen molar-refractivity contribution in [2.75, 3.05) is 13.1 Å². The molecule has 1 aliphatic heterocycles. The van der Waals surface area contributed by atoms with E-state index in [0.717, 1.165) is 38.8 Å². The third-order valence-corrected chi connectivity index (χ3v) is 5.64. The molecule has 7 nitrogen and oxygen atoms in total. The van der Waals surface area contributed by atoms with Gasteiger partial charge in [0.2, 0.25) is 5.91 Å². The van der Waals surface area contributed by atoms with Crippen molar-refractivity contribution in [3.05, 3.63) is 64.3 Å². The van der Waals surface area contributed by atoms with E-state index in [1.807, 2.05) is 4.90 Å². The molecule has 1 saturated heterocycles. The smallest absolute Gasteiger partial charge is 0.293 e. The molecule has 1 aliphatic rings. The zero-order valence-corrected chi connectivity index (χ0v) is 16.1. The summed E-state index contributed by atoms with van der Waals surface area (Å²) in [6, 6.07) is 10.4. The number of carbonyl (C=O) groups excluding carboxylic acids is 1. The number of hydrogen-bond acceptors (Lipinski definition) is 4. The summed E-state index contributed by atoms with van der Waals surface area (Å²) in [4.78, 5) is 26.8. The molecule has 0 bridgehead atoms. The molecule has 0 unspecified atom stereocenters. The van der Waals surface area contributed by atoms with Crippen LogP contribution in [0.15, 0.2) is 47.7 Å². The molecule has 0 aliphatic carbocycles. The summed E-state index contributed by atoms with van der Waals surface area (Å²) >= 11 is 0. The number of aromatic nitrogens is 4. The molecule has 4 rings (SSSR count). The minimum absolute atomic E-state index is 0.0193. The van der Waals surface area contributed by atoms with Crippen molar-refractivity contribution in [2.24, 2.45) is 5.92 Å². The van der Waals surface area contributed by atoms with E-state index in [1.54, 1.807) is 12.3 Å². The molecule has 0 atom stereocenters. The second kappa shape index (κ2) is 7.96. The van der Waals surface area contributed by atoms with Gasteiger partial charge in [-0.2, -0.15) is 10.2 Å². The van der Waals surface area contributed by atoms with Crippen molar-refractivity contribution in [2.45, 2.75) is 39.2 Å². The van der Waals surface area contributed by atoms with Crippen LogP contribution >= 0.6 is 0 Å². The van der Waals surface area contributed by atoms with Crippen LogP contribution in [0, 0.1) is 12.8 Å². The number of nitrogens with zero attached hydrogens (tertiary/aromatic N) is 5. The molecule has 7 heteroatoms. The van der Waals surface area contributed by atoms with Crippen LogP contribution in [0.5, 0.6) is 0 Å².